The molecule has 0 amide bonds. The number of benzene rings is 2. The molecule has 0 N–H and O–H groups in total. The Labute approximate surface area is 328 Å². The summed E-state index contributed by atoms with van der Waals surface area (Å²) in [6.45, 7) is 27.1. The van der Waals surface area contributed by atoms with Gasteiger partial charge >= 0.3 is 0 Å². The van der Waals surface area contributed by atoms with Crippen molar-refractivity contribution in [3.05, 3.63) is 89.2 Å². The van der Waals surface area contributed by atoms with Crippen molar-refractivity contribution in [3.8, 4) is 11.5 Å². The quantitative estimate of drug-likeness (QED) is 0.0393. The molecule has 0 radical (unpaired) electrons. The molecule has 5 heteroatoms. The summed E-state index contributed by atoms with van der Waals surface area (Å²) >= 11 is 0. The molecule has 3 rings (SSSR count). The van der Waals surface area contributed by atoms with Crippen molar-refractivity contribution in [2.45, 2.75) is 175 Å². The fourth-order valence-corrected chi connectivity index (χ4v) is 17.1. The fraction of sp³-hybridized carbons (Fsp3) is 0.562. The molecule has 0 aliphatic carbocycles. The van der Waals surface area contributed by atoms with E-state index in [9.17, 15) is 0 Å². The van der Waals surface area contributed by atoms with Crippen LogP contribution in [0.5, 0.6) is 11.5 Å². The molecule has 53 heavy (non-hydrogen) atoms. The number of unbranched alkanes of at least 4 members (excludes halogenated alkanes) is 6. The van der Waals surface area contributed by atoms with Crippen LogP contribution in [-0.2, 0) is 6.54 Å². The van der Waals surface area contributed by atoms with Gasteiger partial charge in [-0.15, -0.1) is 0 Å². The van der Waals surface area contributed by atoms with Crippen molar-refractivity contribution in [1.29, 1.82) is 0 Å². The number of hydrogen-bond donors (Lipinski definition) is 0. The third kappa shape index (κ3) is 12.8. The molecule has 0 saturated heterocycles. The minimum absolute atomic E-state index is 0.492. The summed E-state index contributed by atoms with van der Waals surface area (Å²) in [6, 6.07) is 22.1. The summed E-state index contributed by atoms with van der Waals surface area (Å²) in [7, 11) is -4.41. The molecule has 1 aromatic heterocycles. The molecule has 1 heterocycles. The summed E-state index contributed by atoms with van der Waals surface area (Å²) in [5.41, 5.74) is 6.60. The van der Waals surface area contributed by atoms with Crippen LogP contribution in [0, 0.1) is 0 Å². The van der Waals surface area contributed by atoms with Crippen molar-refractivity contribution in [2.24, 2.45) is 0 Å². The smallest absolute Gasteiger partial charge is 0.256 e. The molecule has 0 fully saturated rings. The molecule has 0 aliphatic rings. The van der Waals surface area contributed by atoms with Gasteiger partial charge in [0.05, 0.1) is 0 Å². The molecular weight excluding hydrogens is 679 g/mol. The Bertz CT molecular complexity index is 1530. The van der Waals surface area contributed by atoms with Gasteiger partial charge in [-0.2, -0.15) is 0 Å². The van der Waals surface area contributed by atoms with Gasteiger partial charge in [-0.1, -0.05) is 170 Å². The van der Waals surface area contributed by atoms with Gasteiger partial charge in [-0.25, -0.2) is 4.57 Å². The Kier molecular flexibility index (Phi) is 18.9. The highest BCUT2D eigenvalue weighted by Crippen LogP contribution is 2.45. The Morgan fingerprint density at radius 1 is 0.528 bits per heavy atom. The maximum absolute atomic E-state index is 7.60. The van der Waals surface area contributed by atoms with E-state index in [1.54, 1.807) is 0 Å². The number of rotatable bonds is 24. The van der Waals surface area contributed by atoms with Crippen LogP contribution in [-0.4, -0.2) is 16.6 Å². The first-order valence-electron chi connectivity index (χ1n) is 21.4. The van der Waals surface area contributed by atoms with Gasteiger partial charge in [0.25, 0.3) is 16.6 Å². The van der Waals surface area contributed by atoms with E-state index in [0.29, 0.717) is 22.2 Å². The first kappa shape index (κ1) is 44.5. The van der Waals surface area contributed by atoms with E-state index in [-0.39, 0.29) is 0 Å². The number of nitrogens with zero attached hydrogens (tertiary/aromatic N) is 1. The third-order valence-electron chi connectivity index (χ3n) is 11.6. The first-order valence-corrected chi connectivity index (χ1v) is 25.9. The van der Waals surface area contributed by atoms with Crippen LogP contribution in [0.4, 0.5) is 0 Å². The molecule has 3 nitrogen and oxygen atoms in total. The topological polar surface area (TPSA) is 22.3 Å². The monoisotopic (exact) mass is 755 g/mol. The van der Waals surface area contributed by atoms with Crippen molar-refractivity contribution in [1.82, 2.24) is 0 Å². The lowest BCUT2D eigenvalue weighted by molar-refractivity contribution is -0.697. The van der Waals surface area contributed by atoms with Gasteiger partial charge in [0.15, 0.2) is 12.4 Å². The fourth-order valence-electron chi connectivity index (χ4n) is 8.02. The van der Waals surface area contributed by atoms with E-state index >= 15 is 0 Å². The minimum Gasteiger partial charge on any atom is -0.543 e. The maximum Gasteiger partial charge on any atom is 0.256 e. The zero-order valence-corrected chi connectivity index (χ0v) is 37.7. The van der Waals surface area contributed by atoms with Crippen LogP contribution in [0.3, 0.4) is 0 Å². The van der Waals surface area contributed by atoms with Crippen molar-refractivity contribution >= 4 is 40.9 Å². The molecule has 0 atom stereocenters. The molecule has 2 aromatic carbocycles. The Morgan fingerprint density at radius 2 is 0.981 bits per heavy atom. The summed E-state index contributed by atoms with van der Waals surface area (Å²) in [5, 5.41) is 0. The Balaban J connectivity index is 2.26. The van der Waals surface area contributed by atoms with Crippen molar-refractivity contribution in [3.63, 3.8) is 0 Å². The van der Waals surface area contributed by atoms with Gasteiger partial charge in [-0.3, -0.25) is 0 Å². The van der Waals surface area contributed by atoms with E-state index in [2.05, 4.69) is 172 Å². The van der Waals surface area contributed by atoms with Crippen LogP contribution < -0.4 is 13.4 Å². The van der Waals surface area contributed by atoms with Gasteiger partial charge in [0.1, 0.15) is 18.0 Å². The maximum atomic E-state index is 7.60. The second kappa shape index (κ2) is 22.5. The standard InChI is InChI=1S/C48H76NO2Si2/c1-12-15-18-19-23-32-49-33-24-27-44(38-49)29-31-46-37-47(50-52(39(4)5,40(6)7)34-16-13-2)45(30-28-43-25-21-20-22-26-43)36-48(46)51-53(41(8)9,42(10)11)35-17-14-3/h20-22,24-31,33,36-42H,12-19,23,32,34-35H2,1-11H3/q+1/b30-28+,31-29+. The molecular formula is C48H76NO2Si2+. The highest BCUT2D eigenvalue weighted by molar-refractivity contribution is 6.77. The number of pyridine rings is 1. The predicted octanol–water partition coefficient (Wildman–Crippen LogP) is 15.2. The number of aromatic nitrogens is 1. The number of aryl methyl sites for hydroxylation is 1. The lowest BCUT2D eigenvalue weighted by Crippen LogP contribution is -2.48. The second-order valence-electron chi connectivity index (χ2n) is 16.7. The highest BCUT2D eigenvalue weighted by atomic mass is 28.4. The molecule has 0 bridgehead atoms. The van der Waals surface area contributed by atoms with E-state index in [0.717, 1.165) is 29.2 Å². The molecule has 0 aliphatic heterocycles. The van der Waals surface area contributed by atoms with Gasteiger partial charge in [0, 0.05) is 29.2 Å². The predicted molar refractivity (Wildman–Crippen MR) is 239 cm³/mol. The number of hydrogen-bond acceptors (Lipinski definition) is 2. The van der Waals surface area contributed by atoms with E-state index in [4.69, 9.17) is 8.85 Å². The summed E-state index contributed by atoms with van der Waals surface area (Å²) < 4.78 is 17.5. The van der Waals surface area contributed by atoms with Crippen molar-refractivity contribution in [2.75, 3.05) is 0 Å². The lowest BCUT2D eigenvalue weighted by atomic mass is 10.1. The molecule has 0 spiro atoms. The lowest BCUT2D eigenvalue weighted by Gasteiger charge is -2.41. The van der Waals surface area contributed by atoms with Gasteiger partial charge < -0.3 is 8.85 Å². The van der Waals surface area contributed by atoms with Gasteiger partial charge in [-0.05, 0) is 70.5 Å². The van der Waals surface area contributed by atoms with Crippen LogP contribution in [0.2, 0.25) is 34.3 Å². The highest BCUT2D eigenvalue weighted by Gasteiger charge is 2.45. The zero-order valence-electron chi connectivity index (χ0n) is 35.7. The third-order valence-corrected chi connectivity index (χ3v) is 22.9. The zero-order chi connectivity index (χ0) is 38.9. The van der Waals surface area contributed by atoms with Crippen LogP contribution in [0.1, 0.15) is 156 Å². The molecule has 3 aromatic rings. The average Bonchev–Trinajstić information content (AvgIpc) is 3.14. The molecule has 0 unspecified atom stereocenters. The molecule has 0 saturated carbocycles. The van der Waals surface area contributed by atoms with Crippen molar-refractivity contribution < 1.29 is 13.4 Å². The first-order chi connectivity index (χ1) is 25.4. The van der Waals surface area contributed by atoms with E-state index < -0.39 is 16.6 Å². The Morgan fingerprint density at radius 3 is 1.45 bits per heavy atom. The minimum atomic E-state index is -2.21. The SMILES string of the molecule is CCCCCCC[n+]1cccc(/C=C/c2cc(O[Si](CCCC)(C(C)C)C(C)C)c(/C=C/c3ccccc3)cc2O[Si](CCCC)(C(C)C)C(C)C)c1. The van der Waals surface area contributed by atoms with Crippen LogP contribution in [0.25, 0.3) is 24.3 Å². The Hall–Kier alpha value is -2.90. The largest absolute Gasteiger partial charge is 0.543 e. The summed E-state index contributed by atoms with van der Waals surface area (Å²) in [5.74, 6) is 2.00. The van der Waals surface area contributed by atoms with E-state index in [1.165, 1.54) is 81.0 Å². The normalized spacial score (nSPS) is 12.7. The van der Waals surface area contributed by atoms with Gasteiger partial charge in [0.2, 0.25) is 0 Å². The molecule has 292 valence electrons. The summed E-state index contributed by atoms with van der Waals surface area (Å²) in [6.07, 6.45) is 24.8. The van der Waals surface area contributed by atoms with Crippen LogP contribution in [0.15, 0.2) is 67.0 Å². The van der Waals surface area contributed by atoms with E-state index in [1.807, 2.05) is 0 Å². The average molecular weight is 755 g/mol. The second-order valence-corrected chi connectivity index (χ2v) is 26.6. The van der Waals surface area contributed by atoms with Crippen LogP contribution >= 0.6 is 0 Å². The summed E-state index contributed by atoms with van der Waals surface area (Å²) in [4.78, 5) is 0.